The summed E-state index contributed by atoms with van der Waals surface area (Å²) in [7, 11) is 0. The van der Waals surface area contributed by atoms with Crippen molar-refractivity contribution >= 4 is 29.1 Å². The summed E-state index contributed by atoms with van der Waals surface area (Å²) in [6.45, 7) is 2.23. The van der Waals surface area contributed by atoms with E-state index in [2.05, 4.69) is 4.90 Å². The molecule has 4 rings (SSSR count). The third-order valence-electron chi connectivity index (χ3n) is 5.37. The summed E-state index contributed by atoms with van der Waals surface area (Å²) in [6.07, 6.45) is 0. The molecular weight excluding hydrogens is 499 g/mol. The Morgan fingerprint density at radius 2 is 1.62 bits per heavy atom. The molecular formula is C23H18Cl2F4N2O3. The standard InChI is InChI=1S/C23H18Cl2F4N2O3/c24-14-2-1-13(16(25)9-14)11-30-5-7-31(8-6-30)23(32)19-4-3-15(34-19)12-33-22-20(28)17(26)10-18(27)21(22)29/h1-4,9-10H,5-8,11-12H2. The number of halogens is 6. The summed E-state index contributed by atoms with van der Waals surface area (Å²) in [5.41, 5.74) is 0.938. The van der Waals surface area contributed by atoms with Gasteiger partial charge < -0.3 is 14.1 Å². The highest BCUT2D eigenvalue weighted by Gasteiger charge is 2.25. The molecule has 0 N–H and O–H groups in total. The highest BCUT2D eigenvalue weighted by molar-refractivity contribution is 6.35. The zero-order chi connectivity index (χ0) is 24.4. The summed E-state index contributed by atoms with van der Waals surface area (Å²) < 4.78 is 64.3. The molecule has 1 aliphatic rings. The van der Waals surface area contributed by atoms with Gasteiger partial charge in [0.1, 0.15) is 12.4 Å². The number of amides is 1. The van der Waals surface area contributed by atoms with Gasteiger partial charge in [-0.05, 0) is 29.8 Å². The fourth-order valence-electron chi connectivity index (χ4n) is 3.55. The monoisotopic (exact) mass is 516 g/mol. The van der Waals surface area contributed by atoms with E-state index in [1.807, 2.05) is 6.07 Å². The van der Waals surface area contributed by atoms with Crippen molar-refractivity contribution in [2.45, 2.75) is 13.2 Å². The van der Waals surface area contributed by atoms with Gasteiger partial charge in [-0.3, -0.25) is 9.69 Å². The first-order valence-electron chi connectivity index (χ1n) is 10.2. The number of nitrogens with zero attached hydrogens (tertiary/aromatic N) is 2. The van der Waals surface area contributed by atoms with Crippen molar-refractivity contribution in [2.75, 3.05) is 26.2 Å². The van der Waals surface area contributed by atoms with Crippen LogP contribution in [0.1, 0.15) is 21.9 Å². The number of carbonyl (C=O) groups excluding carboxylic acids is 1. The summed E-state index contributed by atoms with van der Waals surface area (Å²) in [5, 5.41) is 1.14. The molecule has 0 radical (unpaired) electrons. The Morgan fingerprint density at radius 3 is 2.26 bits per heavy atom. The lowest BCUT2D eigenvalue weighted by atomic mass is 10.2. The molecule has 0 bridgehead atoms. The van der Waals surface area contributed by atoms with Crippen molar-refractivity contribution in [3.8, 4) is 5.75 Å². The zero-order valence-corrected chi connectivity index (χ0v) is 19.1. The number of carbonyl (C=O) groups is 1. The fourth-order valence-corrected chi connectivity index (χ4v) is 4.02. The maximum Gasteiger partial charge on any atom is 0.289 e. The van der Waals surface area contributed by atoms with Gasteiger partial charge >= 0.3 is 0 Å². The zero-order valence-electron chi connectivity index (χ0n) is 17.6. The van der Waals surface area contributed by atoms with Crippen LogP contribution in [-0.2, 0) is 13.2 Å². The maximum atomic E-state index is 13.7. The van der Waals surface area contributed by atoms with Gasteiger partial charge in [-0.2, -0.15) is 8.78 Å². The van der Waals surface area contributed by atoms with Crippen LogP contribution in [0, 0.1) is 23.3 Å². The molecule has 0 aliphatic carbocycles. The Bertz CT molecular complexity index is 1190. The molecule has 11 heteroatoms. The summed E-state index contributed by atoms with van der Waals surface area (Å²) >= 11 is 12.2. The number of ether oxygens (including phenoxy) is 1. The van der Waals surface area contributed by atoms with E-state index < -0.39 is 35.6 Å². The van der Waals surface area contributed by atoms with Gasteiger partial charge in [0.15, 0.2) is 23.1 Å². The summed E-state index contributed by atoms with van der Waals surface area (Å²) in [6, 6.07) is 8.20. The van der Waals surface area contributed by atoms with E-state index in [0.29, 0.717) is 42.8 Å². The third-order valence-corrected chi connectivity index (χ3v) is 5.96. The molecule has 1 saturated heterocycles. The molecule has 1 amide bonds. The van der Waals surface area contributed by atoms with Crippen LogP contribution >= 0.6 is 23.2 Å². The van der Waals surface area contributed by atoms with Crippen LogP contribution in [0.4, 0.5) is 17.6 Å². The van der Waals surface area contributed by atoms with Crippen LogP contribution in [0.5, 0.6) is 5.75 Å². The number of furan rings is 1. The minimum atomic E-state index is -1.65. The van der Waals surface area contributed by atoms with Crippen LogP contribution in [-0.4, -0.2) is 41.9 Å². The van der Waals surface area contributed by atoms with E-state index in [1.54, 1.807) is 17.0 Å². The lowest BCUT2D eigenvalue weighted by Crippen LogP contribution is -2.48. The van der Waals surface area contributed by atoms with Crippen LogP contribution in [0.15, 0.2) is 40.8 Å². The van der Waals surface area contributed by atoms with Crippen molar-refractivity contribution in [3.05, 3.63) is 86.8 Å². The van der Waals surface area contributed by atoms with Crippen LogP contribution in [0.25, 0.3) is 0 Å². The summed E-state index contributed by atoms with van der Waals surface area (Å²) in [4.78, 5) is 16.5. The predicted octanol–water partition coefficient (Wildman–Crippen LogP) is 5.68. The number of piperazine rings is 1. The van der Waals surface area contributed by atoms with Gasteiger partial charge in [-0.25, -0.2) is 8.78 Å². The molecule has 180 valence electrons. The first kappa shape index (κ1) is 24.4. The third kappa shape index (κ3) is 5.32. The van der Waals surface area contributed by atoms with Crippen molar-refractivity contribution in [1.82, 2.24) is 9.80 Å². The average Bonchev–Trinajstić information content (AvgIpc) is 3.29. The molecule has 2 heterocycles. The first-order valence-corrected chi connectivity index (χ1v) is 11.0. The smallest absolute Gasteiger partial charge is 0.289 e. The Kier molecular flexibility index (Phi) is 7.35. The van der Waals surface area contributed by atoms with Gasteiger partial charge in [0.05, 0.1) is 0 Å². The first-order chi connectivity index (χ1) is 16.2. The number of hydrogen-bond donors (Lipinski definition) is 0. The molecule has 34 heavy (non-hydrogen) atoms. The van der Waals surface area contributed by atoms with Crippen LogP contribution in [0.3, 0.4) is 0 Å². The molecule has 5 nitrogen and oxygen atoms in total. The molecule has 0 atom stereocenters. The molecule has 0 saturated carbocycles. The number of hydrogen-bond acceptors (Lipinski definition) is 4. The molecule has 2 aromatic carbocycles. The van der Waals surface area contributed by atoms with E-state index >= 15 is 0 Å². The largest absolute Gasteiger partial charge is 0.479 e. The predicted molar refractivity (Wildman–Crippen MR) is 117 cm³/mol. The molecule has 1 fully saturated rings. The van der Waals surface area contributed by atoms with Gasteiger partial charge in [-0.1, -0.05) is 29.3 Å². The SMILES string of the molecule is O=C(c1ccc(COc2c(F)c(F)cc(F)c2F)o1)N1CCN(Cc2ccc(Cl)cc2Cl)CC1. The topological polar surface area (TPSA) is 45.9 Å². The molecule has 0 spiro atoms. The van der Waals surface area contributed by atoms with Gasteiger partial charge in [-0.15, -0.1) is 0 Å². The normalized spacial score (nSPS) is 14.5. The Hall–Kier alpha value is -2.75. The van der Waals surface area contributed by atoms with Crippen molar-refractivity contribution in [3.63, 3.8) is 0 Å². The molecule has 0 unspecified atom stereocenters. The molecule has 1 aromatic heterocycles. The van der Waals surface area contributed by atoms with Crippen LogP contribution in [0.2, 0.25) is 10.0 Å². The van der Waals surface area contributed by atoms with Crippen LogP contribution < -0.4 is 4.74 Å². The highest BCUT2D eigenvalue weighted by atomic mass is 35.5. The Balaban J connectivity index is 1.33. The second kappa shape index (κ2) is 10.2. The highest BCUT2D eigenvalue weighted by Crippen LogP contribution is 2.28. The fraction of sp³-hybridized carbons (Fsp3) is 0.261. The second-order valence-corrected chi connectivity index (χ2v) is 8.50. The van der Waals surface area contributed by atoms with E-state index in [4.69, 9.17) is 32.4 Å². The quantitative estimate of drug-likeness (QED) is 0.312. The minimum Gasteiger partial charge on any atom is -0.479 e. The minimum absolute atomic E-state index is 0.0131. The van der Waals surface area contributed by atoms with Crippen molar-refractivity contribution in [2.24, 2.45) is 0 Å². The summed E-state index contributed by atoms with van der Waals surface area (Å²) in [5.74, 6) is -7.95. The maximum absolute atomic E-state index is 13.7. The van der Waals surface area contributed by atoms with E-state index in [0.717, 1.165) is 5.56 Å². The lowest BCUT2D eigenvalue weighted by Gasteiger charge is -2.34. The van der Waals surface area contributed by atoms with Crippen molar-refractivity contribution < 1.29 is 31.5 Å². The Labute approximate surface area is 202 Å². The second-order valence-electron chi connectivity index (χ2n) is 7.66. The van der Waals surface area contributed by atoms with E-state index in [1.165, 1.54) is 12.1 Å². The number of rotatable bonds is 6. The molecule has 1 aliphatic heterocycles. The number of benzene rings is 2. The van der Waals surface area contributed by atoms with E-state index in [-0.39, 0.29) is 23.5 Å². The average molecular weight is 517 g/mol. The van der Waals surface area contributed by atoms with Gasteiger partial charge in [0, 0.05) is 48.8 Å². The van der Waals surface area contributed by atoms with E-state index in [9.17, 15) is 22.4 Å². The van der Waals surface area contributed by atoms with Gasteiger partial charge in [0.2, 0.25) is 11.6 Å². The van der Waals surface area contributed by atoms with Gasteiger partial charge in [0.25, 0.3) is 5.91 Å². The lowest BCUT2D eigenvalue weighted by molar-refractivity contribution is 0.0594. The molecule has 3 aromatic rings. The van der Waals surface area contributed by atoms with Crippen molar-refractivity contribution in [1.29, 1.82) is 0 Å². The Morgan fingerprint density at radius 1 is 0.941 bits per heavy atom.